The normalized spacial score (nSPS) is 16.5. The molecule has 29 heavy (non-hydrogen) atoms. The van der Waals surface area contributed by atoms with Crippen molar-refractivity contribution in [3.63, 3.8) is 0 Å². The molecule has 1 atom stereocenters. The number of halogens is 1. The molecule has 1 aliphatic heterocycles. The first kappa shape index (κ1) is 22.5. The van der Waals surface area contributed by atoms with Crippen LogP contribution in [0.3, 0.4) is 0 Å². The van der Waals surface area contributed by atoms with Crippen LogP contribution in [0.4, 0.5) is 10.1 Å². The van der Waals surface area contributed by atoms with Crippen LogP contribution >= 0.6 is 0 Å². The molecule has 0 aliphatic carbocycles. The van der Waals surface area contributed by atoms with Crippen molar-refractivity contribution in [1.29, 1.82) is 0 Å². The van der Waals surface area contributed by atoms with Gasteiger partial charge in [0.2, 0.25) is 5.91 Å². The predicted molar refractivity (Wildman–Crippen MR) is 117 cm³/mol. The zero-order chi connectivity index (χ0) is 21.2. The highest BCUT2D eigenvalue weighted by molar-refractivity contribution is 5.81. The van der Waals surface area contributed by atoms with E-state index in [1.54, 1.807) is 25.1 Å². The second-order valence-corrected chi connectivity index (χ2v) is 7.17. The molecular weight excluding hydrogens is 367 g/mol. The number of benzene rings is 2. The van der Waals surface area contributed by atoms with E-state index in [2.05, 4.69) is 22.3 Å². The summed E-state index contributed by atoms with van der Waals surface area (Å²) < 4.78 is 17.6. The third-order valence-corrected chi connectivity index (χ3v) is 5.04. The number of piperidine rings is 1. The van der Waals surface area contributed by atoms with E-state index in [-0.39, 0.29) is 17.6 Å². The first-order valence-electron chi connectivity index (χ1n) is 9.99. The first-order chi connectivity index (χ1) is 14.0. The van der Waals surface area contributed by atoms with E-state index < -0.39 is 0 Å². The Bertz CT molecular complexity index is 821. The molecule has 0 spiro atoms. The molecule has 0 unspecified atom stereocenters. The Kier molecular flexibility index (Phi) is 8.71. The van der Waals surface area contributed by atoms with Crippen LogP contribution in [0.25, 0.3) is 0 Å². The van der Waals surface area contributed by atoms with Crippen LogP contribution in [0.2, 0.25) is 0 Å². The van der Waals surface area contributed by atoms with E-state index in [0.717, 1.165) is 31.6 Å². The van der Waals surface area contributed by atoms with E-state index in [4.69, 9.17) is 4.74 Å². The molecule has 1 fully saturated rings. The Hall–Kier alpha value is -2.82. The Morgan fingerprint density at radius 3 is 2.55 bits per heavy atom. The molecule has 4 nitrogen and oxygen atoms in total. The van der Waals surface area contributed by atoms with Crippen LogP contribution in [0.5, 0.6) is 5.75 Å². The van der Waals surface area contributed by atoms with Gasteiger partial charge in [0.05, 0.1) is 13.0 Å². The van der Waals surface area contributed by atoms with Gasteiger partial charge in [-0.2, -0.15) is 0 Å². The number of ether oxygens (including phenoxy) is 1. The molecule has 1 amide bonds. The zero-order valence-corrected chi connectivity index (χ0v) is 17.7. The fourth-order valence-electron chi connectivity index (χ4n) is 3.21. The van der Waals surface area contributed by atoms with Gasteiger partial charge >= 0.3 is 0 Å². The number of para-hydroxylation sites is 1. The van der Waals surface area contributed by atoms with Crippen molar-refractivity contribution in [3.05, 3.63) is 71.7 Å². The van der Waals surface area contributed by atoms with Crippen LogP contribution in [0.1, 0.15) is 32.3 Å². The van der Waals surface area contributed by atoms with Crippen LogP contribution in [0.15, 0.2) is 60.3 Å². The van der Waals surface area contributed by atoms with Gasteiger partial charge in [-0.15, -0.1) is 0 Å². The standard InChI is InChI=1S/C16H22N2O.C8H9FO/c1-3-13(2)17-16(19)14-8-7-11-18(12-14)15-9-5-4-6-10-15;1-6-4-3-5-7(10-2)8(6)9/h3-6,9-10,14H,7-8,11-12H2,1-2H3,(H,17,19);3-5H,1-2H3/b13-3+;/t14-;/m0./s1. The summed E-state index contributed by atoms with van der Waals surface area (Å²) in [5.41, 5.74) is 2.75. The maximum absolute atomic E-state index is 12.9. The highest BCUT2D eigenvalue weighted by atomic mass is 19.1. The van der Waals surface area contributed by atoms with E-state index in [1.165, 1.54) is 12.8 Å². The minimum absolute atomic E-state index is 0.0869. The molecule has 2 aromatic rings. The number of aryl methyl sites for hydroxylation is 1. The minimum Gasteiger partial charge on any atom is -0.494 e. The Morgan fingerprint density at radius 1 is 1.21 bits per heavy atom. The summed E-state index contributed by atoms with van der Waals surface area (Å²) in [4.78, 5) is 14.5. The predicted octanol–water partition coefficient (Wildman–Crippen LogP) is 5.09. The van der Waals surface area contributed by atoms with Crippen molar-refractivity contribution in [3.8, 4) is 5.75 Å². The van der Waals surface area contributed by atoms with Crippen LogP contribution < -0.4 is 15.0 Å². The van der Waals surface area contributed by atoms with Gasteiger partial charge in [-0.1, -0.05) is 36.4 Å². The lowest BCUT2D eigenvalue weighted by atomic mass is 9.96. The van der Waals surface area contributed by atoms with Gasteiger partial charge in [-0.05, 0) is 57.4 Å². The fraction of sp³-hybridized carbons (Fsp3) is 0.375. The molecule has 1 saturated heterocycles. The summed E-state index contributed by atoms with van der Waals surface area (Å²) >= 11 is 0. The molecule has 156 valence electrons. The number of rotatable bonds is 4. The third kappa shape index (κ3) is 6.63. The number of carbonyl (C=O) groups is 1. The second kappa shape index (κ2) is 11.2. The third-order valence-electron chi connectivity index (χ3n) is 5.04. The average Bonchev–Trinajstić information content (AvgIpc) is 2.76. The summed E-state index contributed by atoms with van der Waals surface area (Å²) in [5, 5.41) is 2.97. The summed E-state index contributed by atoms with van der Waals surface area (Å²) in [6.45, 7) is 7.42. The Labute approximate surface area is 173 Å². The molecule has 0 aromatic heterocycles. The number of amides is 1. The highest BCUT2D eigenvalue weighted by Gasteiger charge is 2.25. The van der Waals surface area contributed by atoms with Crippen molar-refractivity contribution in [1.82, 2.24) is 5.32 Å². The number of nitrogens with one attached hydrogen (secondary N) is 1. The van der Waals surface area contributed by atoms with Crippen LogP contribution in [-0.2, 0) is 4.79 Å². The van der Waals surface area contributed by atoms with Crippen molar-refractivity contribution >= 4 is 11.6 Å². The van der Waals surface area contributed by atoms with Gasteiger partial charge in [0.15, 0.2) is 11.6 Å². The van der Waals surface area contributed by atoms with Crippen LogP contribution in [-0.4, -0.2) is 26.1 Å². The zero-order valence-electron chi connectivity index (χ0n) is 17.7. The fourth-order valence-corrected chi connectivity index (χ4v) is 3.21. The maximum atomic E-state index is 12.9. The molecule has 3 rings (SSSR count). The molecule has 2 aromatic carbocycles. The lowest BCUT2D eigenvalue weighted by Crippen LogP contribution is -2.42. The number of carbonyl (C=O) groups excluding carboxylic acids is 1. The van der Waals surface area contributed by atoms with Gasteiger partial charge in [-0.25, -0.2) is 4.39 Å². The number of nitrogens with zero attached hydrogens (tertiary/aromatic N) is 1. The molecule has 0 bridgehead atoms. The summed E-state index contributed by atoms with van der Waals surface area (Å²) in [7, 11) is 1.46. The average molecular weight is 399 g/mol. The molecule has 1 aliphatic rings. The maximum Gasteiger partial charge on any atom is 0.229 e. The summed E-state index contributed by atoms with van der Waals surface area (Å²) in [6.07, 6.45) is 3.98. The molecule has 1 N–H and O–H groups in total. The molecule has 0 radical (unpaired) electrons. The number of anilines is 1. The highest BCUT2D eigenvalue weighted by Crippen LogP contribution is 2.23. The summed E-state index contributed by atoms with van der Waals surface area (Å²) in [5.74, 6) is 0.269. The first-order valence-corrected chi connectivity index (χ1v) is 9.99. The van der Waals surface area contributed by atoms with Gasteiger partial charge in [0.25, 0.3) is 0 Å². The molecule has 0 saturated carbocycles. The largest absolute Gasteiger partial charge is 0.494 e. The van der Waals surface area contributed by atoms with Crippen molar-refractivity contribution in [2.75, 3.05) is 25.1 Å². The number of methoxy groups -OCH3 is 1. The number of hydrogen-bond donors (Lipinski definition) is 1. The SMILES string of the molecule is C/C=C(\C)NC(=O)[C@H]1CCCN(c2ccccc2)C1.COc1cccc(C)c1F. The number of hydrogen-bond acceptors (Lipinski definition) is 3. The van der Waals surface area contributed by atoms with Crippen molar-refractivity contribution < 1.29 is 13.9 Å². The van der Waals surface area contributed by atoms with Crippen LogP contribution in [0, 0.1) is 18.7 Å². The molecular formula is C24H31FN2O2. The molecule has 1 heterocycles. The minimum atomic E-state index is -0.273. The quantitative estimate of drug-likeness (QED) is 0.780. The van der Waals surface area contributed by atoms with Gasteiger partial charge in [0, 0.05) is 24.5 Å². The lowest BCUT2D eigenvalue weighted by molar-refractivity contribution is -0.124. The lowest BCUT2D eigenvalue weighted by Gasteiger charge is -2.33. The van der Waals surface area contributed by atoms with Crippen molar-refractivity contribution in [2.24, 2.45) is 5.92 Å². The van der Waals surface area contributed by atoms with E-state index in [9.17, 15) is 9.18 Å². The van der Waals surface area contributed by atoms with E-state index in [1.807, 2.05) is 38.1 Å². The number of allylic oxidation sites excluding steroid dienone is 2. The topological polar surface area (TPSA) is 41.6 Å². The monoisotopic (exact) mass is 398 g/mol. The van der Waals surface area contributed by atoms with Gasteiger partial charge in [0.1, 0.15) is 0 Å². The van der Waals surface area contributed by atoms with Gasteiger partial charge in [-0.3, -0.25) is 4.79 Å². The smallest absolute Gasteiger partial charge is 0.229 e. The summed E-state index contributed by atoms with van der Waals surface area (Å²) in [6, 6.07) is 15.4. The second-order valence-electron chi connectivity index (χ2n) is 7.17. The molecule has 5 heteroatoms. The van der Waals surface area contributed by atoms with E-state index in [0.29, 0.717) is 11.3 Å². The Balaban J connectivity index is 0.000000253. The van der Waals surface area contributed by atoms with Crippen molar-refractivity contribution in [2.45, 2.75) is 33.6 Å². The Morgan fingerprint density at radius 2 is 1.93 bits per heavy atom. The van der Waals surface area contributed by atoms with Gasteiger partial charge < -0.3 is 15.0 Å². The van der Waals surface area contributed by atoms with E-state index >= 15 is 0 Å².